The van der Waals surface area contributed by atoms with Crippen molar-refractivity contribution in [2.45, 2.75) is 10.8 Å². The summed E-state index contributed by atoms with van der Waals surface area (Å²) in [6, 6.07) is 20.4. The average molecular weight is 576 g/mol. The van der Waals surface area contributed by atoms with E-state index in [0.29, 0.717) is 45.4 Å². The molecule has 190 valence electrons. The van der Waals surface area contributed by atoms with Crippen LogP contribution in [0.1, 0.15) is 16.7 Å². The summed E-state index contributed by atoms with van der Waals surface area (Å²) in [4.78, 5) is 14.9. The normalized spacial score (nSPS) is 21.9. The number of carbonyl (C=O) groups is 1. The van der Waals surface area contributed by atoms with Gasteiger partial charge in [-0.3, -0.25) is 4.55 Å². The van der Waals surface area contributed by atoms with Gasteiger partial charge in [-0.05, 0) is 46.5 Å². The Hall–Kier alpha value is -2.81. The topological polar surface area (TPSA) is 86.7 Å². The Balaban J connectivity index is 1.96. The molecule has 0 bridgehead atoms. The number of hydrogen-bond donors (Lipinski definition) is 2. The molecule has 1 fully saturated rings. The molecule has 1 saturated heterocycles. The minimum absolute atomic E-state index is 0.212. The first-order valence-electron chi connectivity index (χ1n) is 11.4. The summed E-state index contributed by atoms with van der Waals surface area (Å²) < 4.78 is 36.0. The molecule has 5 rings (SSSR count). The van der Waals surface area contributed by atoms with Crippen molar-refractivity contribution < 1.29 is 17.8 Å². The van der Waals surface area contributed by atoms with Crippen LogP contribution in [0, 0.1) is 0 Å². The van der Waals surface area contributed by atoms with Gasteiger partial charge >= 0.3 is 6.03 Å². The highest BCUT2D eigenvalue weighted by molar-refractivity contribution is 7.87. The summed E-state index contributed by atoms with van der Waals surface area (Å²) in [5.41, 5.74) is 0.646. The van der Waals surface area contributed by atoms with Crippen LogP contribution in [0.3, 0.4) is 0 Å². The fraction of sp³-hybridized carbons (Fsp3) is 0.148. The van der Waals surface area contributed by atoms with E-state index in [1.54, 1.807) is 83.8 Å². The third-order valence-electron chi connectivity index (χ3n) is 6.64. The first-order chi connectivity index (χ1) is 17.6. The Morgan fingerprint density at radius 3 is 1.97 bits per heavy atom. The standard InChI is InChI=1S/C27H21Cl3N2O4S/c28-22-10-4-1-7-17(22)19-16-27(32-14-13-31-26(32)33,20-9-3-6-12-24(20)30)21(15-25(19)37(34,35)36)18-8-2-5-11-23(18)29/h1-12,15-16,25H,13-14H2,(H,31,33)(H,34,35,36). The molecular formula is C27H21Cl3N2O4S. The van der Waals surface area contributed by atoms with E-state index in [1.165, 1.54) is 6.08 Å². The van der Waals surface area contributed by atoms with Crippen LogP contribution < -0.4 is 5.32 Å². The fourth-order valence-corrected chi connectivity index (χ4v) is 6.66. The number of urea groups is 1. The quantitative estimate of drug-likeness (QED) is 0.349. The molecule has 0 spiro atoms. The van der Waals surface area contributed by atoms with Gasteiger partial charge in [-0.25, -0.2) is 4.79 Å². The molecule has 3 aromatic carbocycles. The van der Waals surface area contributed by atoms with Gasteiger partial charge in [0.05, 0.1) is 0 Å². The Labute approximate surface area is 229 Å². The van der Waals surface area contributed by atoms with Crippen molar-refractivity contribution in [3.63, 3.8) is 0 Å². The maximum atomic E-state index is 13.3. The van der Waals surface area contributed by atoms with Crippen molar-refractivity contribution in [2.24, 2.45) is 0 Å². The number of benzene rings is 3. The van der Waals surface area contributed by atoms with Crippen LogP contribution in [0.5, 0.6) is 0 Å². The molecule has 2 N–H and O–H groups in total. The van der Waals surface area contributed by atoms with Gasteiger partial charge < -0.3 is 10.2 Å². The number of halogens is 3. The summed E-state index contributed by atoms with van der Waals surface area (Å²) in [5.74, 6) is 0. The molecule has 1 heterocycles. The molecule has 6 nitrogen and oxygen atoms in total. The second-order valence-electron chi connectivity index (χ2n) is 8.71. The molecule has 2 amide bonds. The zero-order valence-electron chi connectivity index (χ0n) is 19.2. The molecule has 0 aromatic heterocycles. The zero-order chi connectivity index (χ0) is 26.4. The smallest absolute Gasteiger partial charge is 0.318 e. The highest BCUT2D eigenvalue weighted by Crippen LogP contribution is 2.53. The van der Waals surface area contributed by atoms with E-state index in [9.17, 15) is 17.8 Å². The number of nitrogens with one attached hydrogen (secondary N) is 1. The van der Waals surface area contributed by atoms with Crippen molar-refractivity contribution in [3.8, 4) is 0 Å². The monoisotopic (exact) mass is 574 g/mol. The lowest BCUT2D eigenvalue weighted by Gasteiger charge is -2.45. The third kappa shape index (κ3) is 4.45. The molecule has 3 aromatic rings. The van der Waals surface area contributed by atoms with E-state index in [1.807, 2.05) is 0 Å². The van der Waals surface area contributed by atoms with Gasteiger partial charge in [0.15, 0.2) is 0 Å². The summed E-state index contributed by atoms with van der Waals surface area (Å²) in [6.45, 7) is 0.673. The van der Waals surface area contributed by atoms with Gasteiger partial charge in [-0.2, -0.15) is 8.42 Å². The molecule has 2 aliphatic rings. The Morgan fingerprint density at radius 2 is 1.43 bits per heavy atom. The van der Waals surface area contributed by atoms with Crippen molar-refractivity contribution in [1.29, 1.82) is 0 Å². The van der Waals surface area contributed by atoms with Crippen molar-refractivity contribution in [3.05, 3.63) is 117 Å². The summed E-state index contributed by atoms with van der Waals surface area (Å²) in [6.07, 6.45) is 3.10. The molecule has 0 saturated carbocycles. The highest BCUT2D eigenvalue weighted by Gasteiger charge is 2.51. The van der Waals surface area contributed by atoms with Crippen molar-refractivity contribution in [2.75, 3.05) is 13.1 Å². The van der Waals surface area contributed by atoms with Crippen molar-refractivity contribution >= 4 is 62.1 Å². The Morgan fingerprint density at radius 1 is 0.865 bits per heavy atom. The van der Waals surface area contributed by atoms with E-state index < -0.39 is 20.9 Å². The fourth-order valence-electron chi connectivity index (χ4n) is 5.07. The number of amides is 2. The predicted molar refractivity (Wildman–Crippen MR) is 147 cm³/mol. The maximum Gasteiger partial charge on any atom is 0.318 e. The maximum absolute atomic E-state index is 13.3. The molecule has 0 radical (unpaired) electrons. The van der Waals surface area contributed by atoms with Gasteiger partial charge in [-0.15, -0.1) is 0 Å². The number of nitrogens with zero attached hydrogens (tertiary/aromatic N) is 1. The van der Waals surface area contributed by atoms with Crippen LogP contribution >= 0.6 is 34.8 Å². The lowest BCUT2D eigenvalue weighted by Crippen LogP contribution is -2.50. The van der Waals surface area contributed by atoms with Gasteiger partial charge in [-0.1, -0.05) is 95.5 Å². The molecule has 10 heteroatoms. The first-order valence-corrected chi connectivity index (χ1v) is 14.0. The van der Waals surface area contributed by atoms with Gasteiger partial charge in [0.2, 0.25) is 0 Å². The third-order valence-corrected chi connectivity index (χ3v) is 8.66. The van der Waals surface area contributed by atoms with E-state index >= 15 is 0 Å². The van der Waals surface area contributed by atoms with Gasteiger partial charge in [0.1, 0.15) is 10.8 Å². The van der Waals surface area contributed by atoms with Gasteiger partial charge in [0.25, 0.3) is 10.1 Å². The SMILES string of the molecule is O=C1NCCN1C1(c2ccccc2Cl)C=C(c2ccccc2Cl)C(S(=O)(=O)O)C=C1c1ccccc1Cl. The highest BCUT2D eigenvalue weighted by atomic mass is 35.5. The lowest BCUT2D eigenvalue weighted by atomic mass is 9.72. The van der Waals surface area contributed by atoms with Crippen molar-refractivity contribution in [1.82, 2.24) is 10.2 Å². The van der Waals surface area contributed by atoms with Crippen LogP contribution in [0.15, 0.2) is 84.9 Å². The predicted octanol–water partition coefficient (Wildman–Crippen LogP) is 6.30. The van der Waals surface area contributed by atoms with E-state index in [0.717, 1.165) is 0 Å². The largest absolute Gasteiger partial charge is 0.336 e. The van der Waals surface area contributed by atoms with Crippen LogP contribution in [0.4, 0.5) is 4.79 Å². The minimum atomic E-state index is -4.67. The van der Waals surface area contributed by atoms with E-state index in [-0.39, 0.29) is 16.6 Å². The summed E-state index contributed by atoms with van der Waals surface area (Å²) in [5, 5.41) is 2.34. The van der Waals surface area contributed by atoms with Crippen LogP contribution in [-0.4, -0.2) is 42.2 Å². The second-order valence-corrected chi connectivity index (χ2v) is 11.5. The number of rotatable bonds is 5. The first kappa shape index (κ1) is 25.8. The van der Waals surface area contributed by atoms with Crippen LogP contribution in [0.2, 0.25) is 15.1 Å². The Kier molecular flexibility index (Phi) is 6.85. The van der Waals surface area contributed by atoms with E-state index in [4.69, 9.17) is 34.8 Å². The molecular weight excluding hydrogens is 555 g/mol. The molecule has 1 aliphatic heterocycles. The molecule has 1 aliphatic carbocycles. The Bertz CT molecular complexity index is 1570. The van der Waals surface area contributed by atoms with Gasteiger partial charge in [0, 0.05) is 33.7 Å². The zero-order valence-corrected chi connectivity index (χ0v) is 22.3. The summed E-state index contributed by atoms with van der Waals surface area (Å²) >= 11 is 20.0. The molecule has 37 heavy (non-hydrogen) atoms. The number of hydrogen-bond acceptors (Lipinski definition) is 3. The minimum Gasteiger partial charge on any atom is -0.336 e. The van der Waals surface area contributed by atoms with Crippen LogP contribution in [-0.2, 0) is 15.7 Å². The number of carbonyl (C=O) groups excluding carboxylic acids is 1. The second kappa shape index (κ2) is 9.82. The van der Waals surface area contributed by atoms with E-state index in [2.05, 4.69) is 5.32 Å². The molecule has 2 atom stereocenters. The molecule has 2 unspecified atom stereocenters. The summed E-state index contributed by atoms with van der Waals surface area (Å²) in [7, 11) is -4.67. The lowest BCUT2D eigenvalue weighted by molar-refractivity contribution is 0.191. The van der Waals surface area contributed by atoms with Crippen LogP contribution in [0.25, 0.3) is 11.1 Å². The average Bonchev–Trinajstić information content (AvgIpc) is 3.30.